The van der Waals surface area contributed by atoms with E-state index in [1.54, 1.807) is 0 Å². The fraction of sp³-hybridized carbons (Fsp3) is 0.364. The van der Waals surface area contributed by atoms with Gasteiger partial charge in [0.2, 0.25) is 0 Å². The smallest absolute Gasteiger partial charge is 0.308 e. The van der Waals surface area contributed by atoms with Crippen LogP contribution in [0.2, 0.25) is 0 Å². The minimum absolute atomic E-state index is 0.0262. The highest BCUT2D eigenvalue weighted by molar-refractivity contribution is 5.90. The fourth-order valence-corrected chi connectivity index (χ4v) is 1.55. The third kappa shape index (κ3) is 3.62. The number of nitrogens with one attached hydrogen (secondary N) is 2. The first-order valence-electron chi connectivity index (χ1n) is 5.57. The molecule has 12 heteroatoms. The first kappa shape index (κ1) is 18.9. The summed E-state index contributed by atoms with van der Waals surface area (Å²) in [6.07, 6.45) is -20.6. The zero-order valence-electron chi connectivity index (χ0n) is 10.7. The van der Waals surface area contributed by atoms with Crippen LogP contribution in [-0.2, 0) is 0 Å². The van der Waals surface area contributed by atoms with Gasteiger partial charge >= 0.3 is 30.1 Å². The Morgan fingerprint density at radius 2 is 1.13 bits per heavy atom. The predicted molar refractivity (Wildman–Crippen MR) is 59.5 cm³/mol. The predicted octanol–water partition coefficient (Wildman–Crippen LogP) is 4.23. The molecule has 0 spiro atoms. The van der Waals surface area contributed by atoms with Crippen LogP contribution in [0.3, 0.4) is 0 Å². The van der Waals surface area contributed by atoms with Gasteiger partial charge in [-0.2, -0.15) is 39.5 Å². The lowest BCUT2D eigenvalue weighted by Crippen LogP contribution is -2.75. The van der Waals surface area contributed by atoms with Gasteiger partial charge in [0.15, 0.2) is 0 Å². The molecule has 0 radical (unpaired) electrons. The van der Waals surface area contributed by atoms with Crippen molar-refractivity contribution in [1.82, 2.24) is 5.32 Å². The second-order valence-corrected chi connectivity index (χ2v) is 4.19. The number of carbonyl (C=O) groups excluding carboxylic acids is 1. The molecule has 0 fully saturated rings. The van der Waals surface area contributed by atoms with Gasteiger partial charge in [-0.1, -0.05) is 18.2 Å². The first-order chi connectivity index (χ1) is 10.2. The van der Waals surface area contributed by atoms with E-state index in [9.17, 15) is 44.3 Å². The lowest BCUT2D eigenvalue weighted by Gasteiger charge is -2.38. The summed E-state index contributed by atoms with van der Waals surface area (Å²) in [5.74, 6) is 0. The van der Waals surface area contributed by atoms with Crippen molar-refractivity contribution in [1.29, 1.82) is 0 Å². The lowest BCUT2D eigenvalue weighted by molar-refractivity contribution is -0.386. The summed E-state index contributed by atoms with van der Waals surface area (Å²) >= 11 is 0. The highest BCUT2D eigenvalue weighted by Crippen LogP contribution is 2.52. The van der Waals surface area contributed by atoms with Crippen LogP contribution in [0.4, 0.5) is 50.0 Å². The maximum Gasteiger partial charge on any atom is 0.429 e. The molecular formula is C11H7F9N2O. The first-order valence-corrected chi connectivity index (χ1v) is 5.57. The molecule has 0 aliphatic heterocycles. The molecule has 1 aromatic carbocycles. The van der Waals surface area contributed by atoms with Crippen LogP contribution < -0.4 is 10.6 Å². The Labute approximate surface area is 122 Å². The number of hydrogen-bond acceptors (Lipinski definition) is 1. The van der Waals surface area contributed by atoms with Crippen molar-refractivity contribution in [2.75, 3.05) is 5.32 Å². The Morgan fingerprint density at radius 1 is 0.739 bits per heavy atom. The Bertz CT molecular complexity index is 511. The number of para-hydroxylation sites is 1. The molecule has 0 bridgehead atoms. The maximum absolute atomic E-state index is 12.6. The molecule has 0 aliphatic carbocycles. The van der Waals surface area contributed by atoms with E-state index < -0.39 is 30.1 Å². The van der Waals surface area contributed by atoms with Crippen molar-refractivity contribution in [3.05, 3.63) is 30.3 Å². The normalized spacial score (nSPS) is 13.6. The summed E-state index contributed by atoms with van der Waals surface area (Å²) in [6.45, 7) is 0. The highest BCUT2D eigenvalue weighted by atomic mass is 19.4. The van der Waals surface area contributed by atoms with Crippen LogP contribution in [0, 0.1) is 0 Å². The summed E-state index contributed by atoms with van der Waals surface area (Å²) in [5, 5.41) is 1.44. The number of carbonyl (C=O) groups is 1. The van der Waals surface area contributed by atoms with E-state index in [2.05, 4.69) is 0 Å². The van der Waals surface area contributed by atoms with Crippen LogP contribution in [0.15, 0.2) is 30.3 Å². The molecule has 0 saturated carbocycles. The van der Waals surface area contributed by atoms with Crippen molar-refractivity contribution < 1.29 is 44.3 Å². The van der Waals surface area contributed by atoms with Crippen LogP contribution in [0.5, 0.6) is 0 Å². The van der Waals surface area contributed by atoms with Crippen molar-refractivity contribution in [3.8, 4) is 0 Å². The molecule has 0 saturated heterocycles. The van der Waals surface area contributed by atoms with E-state index in [1.807, 2.05) is 0 Å². The average Bonchev–Trinajstić information content (AvgIpc) is 2.32. The number of benzene rings is 1. The van der Waals surface area contributed by atoms with E-state index in [0.29, 0.717) is 0 Å². The van der Waals surface area contributed by atoms with Gasteiger partial charge in [-0.3, -0.25) is 0 Å². The van der Waals surface area contributed by atoms with Gasteiger partial charge in [-0.15, -0.1) is 0 Å². The molecule has 1 aromatic rings. The quantitative estimate of drug-likeness (QED) is 0.767. The Morgan fingerprint density at radius 3 is 1.48 bits per heavy atom. The average molecular weight is 354 g/mol. The number of alkyl halides is 9. The van der Waals surface area contributed by atoms with Gasteiger partial charge in [0, 0.05) is 5.69 Å². The largest absolute Gasteiger partial charge is 0.429 e. The minimum atomic E-state index is -6.86. The Balaban J connectivity index is 3.24. The lowest BCUT2D eigenvalue weighted by atomic mass is 9.97. The van der Waals surface area contributed by atoms with Crippen LogP contribution in [-0.4, -0.2) is 30.1 Å². The van der Waals surface area contributed by atoms with Gasteiger partial charge in [-0.25, -0.2) is 4.79 Å². The number of hydrogen-bond donors (Lipinski definition) is 2. The SMILES string of the molecule is O=C(Nc1ccccc1)NC(C(F)(F)F)(C(F)(F)F)C(F)(F)F. The third-order valence-corrected chi connectivity index (χ3v) is 2.61. The molecule has 2 amide bonds. The van der Waals surface area contributed by atoms with E-state index in [-0.39, 0.29) is 11.0 Å². The summed E-state index contributed by atoms with van der Waals surface area (Å²) < 4.78 is 113. The Hall–Kier alpha value is -2.14. The topological polar surface area (TPSA) is 41.1 Å². The zero-order valence-corrected chi connectivity index (χ0v) is 10.7. The third-order valence-electron chi connectivity index (χ3n) is 2.61. The molecule has 0 heterocycles. The van der Waals surface area contributed by atoms with Gasteiger partial charge in [0.05, 0.1) is 0 Å². The summed E-state index contributed by atoms with van der Waals surface area (Å²) in [7, 11) is 0. The second kappa shape index (κ2) is 5.81. The zero-order chi connectivity index (χ0) is 18.1. The fourth-order valence-electron chi connectivity index (χ4n) is 1.55. The molecule has 0 aliphatic rings. The Kier molecular flexibility index (Phi) is 4.78. The van der Waals surface area contributed by atoms with Crippen molar-refractivity contribution in [2.24, 2.45) is 0 Å². The molecule has 0 atom stereocenters. The molecule has 0 aromatic heterocycles. The number of halogens is 9. The van der Waals surface area contributed by atoms with Gasteiger partial charge < -0.3 is 10.6 Å². The van der Waals surface area contributed by atoms with Crippen molar-refractivity contribution >= 4 is 11.7 Å². The summed E-state index contributed by atoms with van der Waals surface area (Å²) in [4.78, 5) is 11.2. The van der Waals surface area contributed by atoms with E-state index in [4.69, 9.17) is 0 Å². The van der Waals surface area contributed by atoms with Gasteiger partial charge in [0.25, 0.3) is 0 Å². The molecule has 3 nitrogen and oxygen atoms in total. The number of amides is 2. The van der Waals surface area contributed by atoms with Crippen LogP contribution in [0.1, 0.15) is 0 Å². The number of rotatable bonds is 2. The monoisotopic (exact) mass is 354 g/mol. The van der Waals surface area contributed by atoms with Gasteiger partial charge in [-0.05, 0) is 12.1 Å². The molecule has 0 unspecified atom stereocenters. The molecule has 23 heavy (non-hydrogen) atoms. The summed E-state index contributed by atoms with van der Waals surface area (Å²) in [6, 6.07) is 3.68. The summed E-state index contributed by atoms with van der Waals surface area (Å²) in [5.41, 5.74) is -6.70. The van der Waals surface area contributed by atoms with Gasteiger partial charge in [0.1, 0.15) is 0 Å². The van der Waals surface area contributed by atoms with Crippen LogP contribution >= 0.6 is 0 Å². The highest BCUT2D eigenvalue weighted by Gasteiger charge is 2.84. The molecule has 2 N–H and O–H groups in total. The number of anilines is 1. The van der Waals surface area contributed by atoms with E-state index in [1.165, 1.54) is 23.5 Å². The standard InChI is InChI=1S/C11H7F9N2O/c12-9(13,14)8(10(15,16)17,11(18,19)20)22-7(23)21-6-4-2-1-3-5-6/h1-5H,(H2,21,22,23). The maximum atomic E-state index is 12.6. The minimum Gasteiger partial charge on any atom is -0.308 e. The van der Waals surface area contributed by atoms with E-state index in [0.717, 1.165) is 12.1 Å². The molecule has 1 rings (SSSR count). The molecular weight excluding hydrogens is 347 g/mol. The van der Waals surface area contributed by atoms with E-state index >= 15 is 0 Å². The van der Waals surface area contributed by atoms with Crippen LogP contribution in [0.25, 0.3) is 0 Å². The second-order valence-electron chi connectivity index (χ2n) is 4.19. The van der Waals surface area contributed by atoms with Crippen molar-refractivity contribution in [3.63, 3.8) is 0 Å². The molecule has 130 valence electrons. The number of urea groups is 1. The van der Waals surface area contributed by atoms with Crippen molar-refractivity contribution in [2.45, 2.75) is 24.1 Å².